The molecule has 0 unspecified atom stereocenters. The summed E-state index contributed by atoms with van der Waals surface area (Å²) in [5.41, 5.74) is 2.77. The molecule has 0 saturated heterocycles. The Balaban J connectivity index is 1.47. The van der Waals surface area contributed by atoms with Crippen LogP contribution in [0.1, 0.15) is 59.3 Å². The highest BCUT2D eigenvalue weighted by atomic mass is 16.2. The molecule has 0 aromatic rings. The third-order valence-electron chi connectivity index (χ3n) is 6.56. The first kappa shape index (κ1) is 19.8. The molecule has 2 N–H and O–H groups in total. The number of hydrogen-bond donors (Lipinski definition) is 2. The molecular weight excluding hydrogens is 344 g/mol. The van der Waals surface area contributed by atoms with Crippen LogP contribution in [0.15, 0.2) is 5.10 Å². The minimum Gasteiger partial charge on any atom is -0.352 e. The van der Waals surface area contributed by atoms with Gasteiger partial charge in [-0.3, -0.25) is 14.4 Å². The van der Waals surface area contributed by atoms with Crippen LogP contribution in [0.3, 0.4) is 0 Å². The minimum atomic E-state index is -0.764. The summed E-state index contributed by atoms with van der Waals surface area (Å²) >= 11 is 0. The van der Waals surface area contributed by atoms with Gasteiger partial charge in [-0.2, -0.15) is 5.10 Å². The van der Waals surface area contributed by atoms with Gasteiger partial charge in [-0.15, -0.1) is 0 Å². The van der Waals surface area contributed by atoms with Gasteiger partial charge < -0.3 is 10.2 Å². The molecule has 0 aromatic heterocycles. The van der Waals surface area contributed by atoms with Crippen molar-refractivity contribution in [2.24, 2.45) is 28.8 Å². The second-order valence-corrected chi connectivity index (χ2v) is 8.47. The molecule has 4 bridgehead atoms. The SMILES string of the molecule is CCN(CC)C(=O)C(=O)N/N=C(\C)CC(=O)NC1C2CC3CC(C2)CC1C3. The number of hydrazone groups is 1. The average molecular weight is 377 g/mol. The molecule has 0 aromatic carbocycles. The van der Waals surface area contributed by atoms with Crippen LogP contribution in [0.2, 0.25) is 0 Å². The number of hydrogen-bond acceptors (Lipinski definition) is 4. The van der Waals surface area contributed by atoms with Crippen LogP contribution in [0.25, 0.3) is 0 Å². The predicted octanol–water partition coefficient (Wildman–Crippen LogP) is 1.68. The lowest BCUT2D eigenvalue weighted by Gasteiger charge is -2.54. The van der Waals surface area contributed by atoms with Gasteiger partial charge in [0.05, 0.1) is 6.42 Å². The first-order valence-corrected chi connectivity index (χ1v) is 10.3. The summed E-state index contributed by atoms with van der Waals surface area (Å²) in [6.07, 6.45) is 6.57. The second kappa shape index (κ2) is 8.40. The van der Waals surface area contributed by atoms with Crippen molar-refractivity contribution in [3.05, 3.63) is 0 Å². The maximum absolute atomic E-state index is 12.4. The second-order valence-electron chi connectivity index (χ2n) is 8.47. The molecule has 4 saturated carbocycles. The highest BCUT2D eigenvalue weighted by Crippen LogP contribution is 2.53. The molecule has 3 amide bonds. The van der Waals surface area contributed by atoms with Crippen molar-refractivity contribution in [2.45, 2.75) is 65.3 Å². The van der Waals surface area contributed by atoms with Crippen LogP contribution in [0.4, 0.5) is 0 Å². The van der Waals surface area contributed by atoms with Crippen molar-refractivity contribution in [3.8, 4) is 0 Å². The quantitative estimate of drug-likeness (QED) is 0.420. The van der Waals surface area contributed by atoms with E-state index >= 15 is 0 Å². The summed E-state index contributed by atoms with van der Waals surface area (Å²) in [7, 11) is 0. The summed E-state index contributed by atoms with van der Waals surface area (Å²) in [6.45, 7) is 6.27. The monoisotopic (exact) mass is 376 g/mol. The maximum Gasteiger partial charge on any atom is 0.329 e. The van der Waals surface area contributed by atoms with Gasteiger partial charge in [0.2, 0.25) is 5.91 Å². The van der Waals surface area contributed by atoms with E-state index in [9.17, 15) is 14.4 Å². The van der Waals surface area contributed by atoms with Crippen molar-refractivity contribution >= 4 is 23.4 Å². The van der Waals surface area contributed by atoms with Crippen molar-refractivity contribution in [3.63, 3.8) is 0 Å². The zero-order valence-electron chi connectivity index (χ0n) is 16.7. The number of nitrogens with one attached hydrogen (secondary N) is 2. The molecule has 0 spiro atoms. The minimum absolute atomic E-state index is 0.0435. The fraction of sp³-hybridized carbons (Fsp3) is 0.800. The van der Waals surface area contributed by atoms with E-state index in [0.29, 0.717) is 36.7 Å². The van der Waals surface area contributed by atoms with Gasteiger partial charge in [0, 0.05) is 24.8 Å². The zero-order chi connectivity index (χ0) is 19.6. The summed E-state index contributed by atoms with van der Waals surface area (Å²) in [6, 6.07) is 0.303. The van der Waals surface area contributed by atoms with Crippen molar-refractivity contribution in [1.82, 2.24) is 15.6 Å². The molecule has 7 heteroatoms. The van der Waals surface area contributed by atoms with Crippen molar-refractivity contribution in [1.29, 1.82) is 0 Å². The number of amides is 3. The molecule has 4 aliphatic carbocycles. The lowest BCUT2D eigenvalue weighted by molar-refractivity contribution is -0.145. The first-order valence-electron chi connectivity index (χ1n) is 10.3. The van der Waals surface area contributed by atoms with Crippen LogP contribution >= 0.6 is 0 Å². The highest BCUT2D eigenvalue weighted by molar-refractivity contribution is 6.35. The molecular formula is C20H32N4O3. The molecule has 4 rings (SSSR count). The number of likely N-dealkylation sites (N-methyl/N-ethyl adjacent to an activating group) is 1. The highest BCUT2D eigenvalue weighted by Gasteiger charge is 2.48. The zero-order valence-corrected chi connectivity index (χ0v) is 16.7. The molecule has 4 aliphatic rings. The van der Waals surface area contributed by atoms with Crippen LogP contribution in [-0.2, 0) is 14.4 Å². The molecule has 4 fully saturated rings. The Hall–Kier alpha value is -1.92. The fourth-order valence-electron chi connectivity index (χ4n) is 5.52. The lowest BCUT2D eigenvalue weighted by Crippen LogP contribution is -2.56. The topological polar surface area (TPSA) is 90.9 Å². The Morgan fingerprint density at radius 2 is 1.52 bits per heavy atom. The smallest absolute Gasteiger partial charge is 0.329 e. The number of carbonyl (C=O) groups is 3. The Morgan fingerprint density at radius 1 is 0.963 bits per heavy atom. The van der Waals surface area contributed by atoms with E-state index in [0.717, 1.165) is 11.8 Å². The molecule has 150 valence electrons. The molecule has 0 radical (unpaired) electrons. The number of carbonyl (C=O) groups excluding carboxylic acids is 3. The molecule has 7 nitrogen and oxygen atoms in total. The van der Waals surface area contributed by atoms with Crippen LogP contribution in [0.5, 0.6) is 0 Å². The fourth-order valence-corrected chi connectivity index (χ4v) is 5.52. The normalized spacial score (nSPS) is 31.5. The Labute approximate surface area is 161 Å². The third kappa shape index (κ3) is 4.50. The van der Waals surface area contributed by atoms with Gasteiger partial charge in [-0.25, -0.2) is 5.43 Å². The van der Waals surface area contributed by atoms with E-state index < -0.39 is 11.8 Å². The molecule has 27 heavy (non-hydrogen) atoms. The van der Waals surface area contributed by atoms with Crippen LogP contribution in [-0.4, -0.2) is 47.5 Å². The predicted molar refractivity (Wildman–Crippen MR) is 103 cm³/mol. The van der Waals surface area contributed by atoms with Crippen LogP contribution in [0, 0.1) is 23.7 Å². The molecule has 0 atom stereocenters. The van der Waals surface area contributed by atoms with Gasteiger partial charge in [-0.05, 0) is 76.5 Å². The average Bonchev–Trinajstić information content (AvgIpc) is 2.63. The lowest BCUT2D eigenvalue weighted by atomic mass is 9.54. The van der Waals surface area contributed by atoms with Gasteiger partial charge in [0.25, 0.3) is 0 Å². The summed E-state index contributed by atoms with van der Waals surface area (Å²) in [5.74, 6) is 1.61. The Morgan fingerprint density at radius 3 is 2.04 bits per heavy atom. The number of nitrogens with zero attached hydrogens (tertiary/aromatic N) is 2. The van der Waals surface area contributed by atoms with Crippen molar-refractivity contribution in [2.75, 3.05) is 13.1 Å². The van der Waals surface area contributed by atoms with E-state index in [-0.39, 0.29) is 12.3 Å². The largest absolute Gasteiger partial charge is 0.352 e. The Kier molecular flexibility index (Phi) is 6.17. The van der Waals surface area contributed by atoms with Gasteiger partial charge in [0.1, 0.15) is 0 Å². The molecule has 0 heterocycles. The Bertz CT molecular complexity index is 599. The summed E-state index contributed by atoms with van der Waals surface area (Å²) in [4.78, 5) is 37.7. The van der Waals surface area contributed by atoms with E-state index in [1.165, 1.54) is 37.0 Å². The van der Waals surface area contributed by atoms with E-state index in [4.69, 9.17) is 0 Å². The van der Waals surface area contributed by atoms with E-state index in [1.807, 2.05) is 13.8 Å². The third-order valence-corrected chi connectivity index (χ3v) is 6.56. The van der Waals surface area contributed by atoms with Crippen LogP contribution < -0.4 is 10.7 Å². The van der Waals surface area contributed by atoms with E-state index in [1.54, 1.807) is 6.92 Å². The van der Waals surface area contributed by atoms with Gasteiger partial charge >= 0.3 is 11.8 Å². The summed E-state index contributed by atoms with van der Waals surface area (Å²) in [5, 5.41) is 7.16. The first-order chi connectivity index (χ1) is 12.9. The standard InChI is InChI=1S/C20H32N4O3/c1-4-24(5-2)20(27)19(26)23-22-12(3)6-17(25)21-18-15-8-13-7-14(10-15)11-16(18)9-13/h13-16,18H,4-11H2,1-3H3,(H,21,25)(H,23,26)/b22-12+. The maximum atomic E-state index is 12.4. The van der Waals surface area contributed by atoms with Gasteiger partial charge in [-0.1, -0.05) is 0 Å². The summed E-state index contributed by atoms with van der Waals surface area (Å²) < 4.78 is 0. The number of rotatable bonds is 6. The van der Waals surface area contributed by atoms with Gasteiger partial charge in [0.15, 0.2) is 0 Å². The van der Waals surface area contributed by atoms with Crippen molar-refractivity contribution < 1.29 is 14.4 Å². The van der Waals surface area contributed by atoms with E-state index in [2.05, 4.69) is 15.8 Å². The molecule has 0 aliphatic heterocycles.